The molecule has 6 heteroatoms. The van der Waals surface area contributed by atoms with Gasteiger partial charge >= 0.3 is 0 Å². The number of nitrogens with one attached hydrogen (secondary N) is 1. The topological polar surface area (TPSA) is 66.5 Å². The van der Waals surface area contributed by atoms with Gasteiger partial charge in [0.25, 0.3) is 0 Å². The highest BCUT2D eigenvalue weighted by Crippen LogP contribution is 2.19. The molecule has 174 valence electrons. The van der Waals surface area contributed by atoms with Crippen LogP contribution >= 0.6 is 0 Å². The van der Waals surface area contributed by atoms with Crippen LogP contribution in [0.3, 0.4) is 0 Å². The zero-order valence-corrected chi connectivity index (χ0v) is 20.3. The number of hydrogen-bond donors (Lipinski definition) is 1. The van der Waals surface area contributed by atoms with E-state index in [9.17, 15) is 13.2 Å². The Kier molecular flexibility index (Phi) is 8.42. The summed E-state index contributed by atoms with van der Waals surface area (Å²) in [7, 11) is -3.84. The third kappa shape index (κ3) is 7.27. The lowest BCUT2D eigenvalue weighted by Crippen LogP contribution is -2.43. The lowest BCUT2D eigenvalue weighted by atomic mass is 10.1. The molecule has 0 unspecified atom stereocenters. The Balaban J connectivity index is 1.72. The van der Waals surface area contributed by atoms with Gasteiger partial charge in [0.2, 0.25) is 15.9 Å². The molecule has 0 aliphatic carbocycles. The van der Waals surface area contributed by atoms with Gasteiger partial charge in [-0.25, -0.2) is 8.42 Å². The van der Waals surface area contributed by atoms with Gasteiger partial charge in [0.1, 0.15) is 0 Å². The third-order valence-electron chi connectivity index (χ3n) is 5.54. The SMILES string of the molecule is Cc1ccc(S(=O)(=O)N(CC(=O)N[C@H](C)CCc2ccccc2)Cc2cccc(C)c2)cc1. The van der Waals surface area contributed by atoms with Crippen LogP contribution in [0.1, 0.15) is 35.6 Å². The molecule has 0 radical (unpaired) electrons. The molecular weight excluding hydrogens is 432 g/mol. The summed E-state index contributed by atoms with van der Waals surface area (Å²) in [6.45, 7) is 5.71. The average Bonchev–Trinajstić information content (AvgIpc) is 2.78. The molecule has 1 atom stereocenters. The van der Waals surface area contributed by atoms with Crippen molar-refractivity contribution in [1.29, 1.82) is 0 Å². The maximum absolute atomic E-state index is 13.4. The number of nitrogens with zero attached hydrogens (tertiary/aromatic N) is 1. The summed E-state index contributed by atoms with van der Waals surface area (Å²) in [4.78, 5) is 13.0. The van der Waals surface area contributed by atoms with Gasteiger partial charge in [-0.3, -0.25) is 4.79 Å². The third-order valence-corrected chi connectivity index (χ3v) is 7.34. The summed E-state index contributed by atoms with van der Waals surface area (Å²) in [5, 5.41) is 2.97. The first kappa shape index (κ1) is 24.7. The van der Waals surface area contributed by atoms with Gasteiger partial charge in [-0.05, 0) is 56.9 Å². The van der Waals surface area contributed by atoms with E-state index in [0.717, 1.165) is 29.5 Å². The summed E-state index contributed by atoms with van der Waals surface area (Å²) in [5.74, 6) is -0.307. The van der Waals surface area contributed by atoms with Gasteiger partial charge in [0.15, 0.2) is 0 Å². The van der Waals surface area contributed by atoms with E-state index < -0.39 is 10.0 Å². The molecule has 0 fully saturated rings. The van der Waals surface area contributed by atoms with Crippen LogP contribution in [0.15, 0.2) is 83.8 Å². The van der Waals surface area contributed by atoms with Crippen molar-refractivity contribution in [3.63, 3.8) is 0 Å². The highest BCUT2D eigenvalue weighted by atomic mass is 32.2. The van der Waals surface area contributed by atoms with Crippen molar-refractivity contribution in [1.82, 2.24) is 9.62 Å². The van der Waals surface area contributed by atoms with E-state index in [1.165, 1.54) is 9.87 Å². The predicted octanol–water partition coefficient (Wildman–Crippen LogP) is 4.63. The Morgan fingerprint density at radius 1 is 0.879 bits per heavy atom. The van der Waals surface area contributed by atoms with Gasteiger partial charge < -0.3 is 5.32 Å². The van der Waals surface area contributed by atoms with Crippen molar-refractivity contribution in [2.24, 2.45) is 0 Å². The van der Waals surface area contributed by atoms with Gasteiger partial charge in [0, 0.05) is 12.6 Å². The number of amides is 1. The summed E-state index contributed by atoms with van der Waals surface area (Å²) >= 11 is 0. The van der Waals surface area contributed by atoms with E-state index in [-0.39, 0.29) is 29.9 Å². The molecule has 0 aliphatic heterocycles. The van der Waals surface area contributed by atoms with Gasteiger partial charge in [0.05, 0.1) is 11.4 Å². The Morgan fingerprint density at radius 2 is 1.55 bits per heavy atom. The lowest BCUT2D eigenvalue weighted by molar-refractivity contribution is -0.122. The summed E-state index contributed by atoms with van der Waals surface area (Å²) in [6.07, 6.45) is 1.62. The van der Waals surface area contributed by atoms with Crippen molar-refractivity contribution in [2.75, 3.05) is 6.54 Å². The zero-order chi connectivity index (χ0) is 23.8. The van der Waals surface area contributed by atoms with Crippen molar-refractivity contribution >= 4 is 15.9 Å². The fraction of sp³-hybridized carbons (Fsp3) is 0.296. The van der Waals surface area contributed by atoms with E-state index in [0.29, 0.717) is 0 Å². The van der Waals surface area contributed by atoms with Gasteiger partial charge in [-0.1, -0.05) is 77.9 Å². The van der Waals surface area contributed by atoms with Crippen molar-refractivity contribution in [3.05, 3.63) is 101 Å². The Hall–Kier alpha value is -2.96. The predicted molar refractivity (Wildman–Crippen MR) is 132 cm³/mol. The normalized spacial score (nSPS) is 12.5. The maximum atomic E-state index is 13.4. The first-order valence-electron chi connectivity index (χ1n) is 11.2. The molecule has 0 saturated heterocycles. The van der Waals surface area contributed by atoms with Gasteiger partial charge in [-0.2, -0.15) is 4.31 Å². The summed E-state index contributed by atoms with van der Waals surface area (Å²) in [6, 6.07) is 24.4. The fourth-order valence-corrected chi connectivity index (χ4v) is 5.06. The number of hydrogen-bond acceptors (Lipinski definition) is 3. The smallest absolute Gasteiger partial charge is 0.243 e. The van der Waals surface area contributed by atoms with Crippen LogP contribution in [0.5, 0.6) is 0 Å². The Labute approximate surface area is 197 Å². The monoisotopic (exact) mass is 464 g/mol. The number of rotatable bonds is 10. The molecule has 0 bridgehead atoms. The largest absolute Gasteiger partial charge is 0.352 e. The zero-order valence-electron chi connectivity index (χ0n) is 19.5. The molecule has 0 spiro atoms. The van der Waals surface area contributed by atoms with Crippen LogP contribution in [-0.2, 0) is 27.8 Å². The van der Waals surface area contributed by atoms with Crippen LogP contribution < -0.4 is 5.32 Å². The maximum Gasteiger partial charge on any atom is 0.243 e. The van der Waals surface area contributed by atoms with Crippen LogP contribution in [-0.4, -0.2) is 31.2 Å². The number of benzene rings is 3. The lowest BCUT2D eigenvalue weighted by Gasteiger charge is -2.23. The van der Waals surface area contributed by atoms with Crippen molar-refractivity contribution < 1.29 is 13.2 Å². The highest BCUT2D eigenvalue weighted by Gasteiger charge is 2.27. The Morgan fingerprint density at radius 3 is 2.21 bits per heavy atom. The number of aryl methyl sites for hydroxylation is 3. The standard InChI is InChI=1S/C27H32N2O3S/c1-21-12-16-26(17-13-21)33(31,32)29(19-25-11-7-8-22(2)18-25)20-27(30)28-23(3)14-15-24-9-5-4-6-10-24/h4-13,16-18,23H,14-15,19-20H2,1-3H3,(H,28,30)/t23-/m1/s1. The first-order valence-corrected chi connectivity index (χ1v) is 12.6. The highest BCUT2D eigenvalue weighted by molar-refractivity contribution is 7.89. The Bertz CT molecular complexity index is 1160. The van der Waals surface area contributed by atoms with E-state index in [1.807, 2.05) is 63.2 Å². The van der Waals surface area contributed by atoms with Crippen LogP contribution in [0.4, 0.5) is 0 Å². The molecule has 33 heavy (non-hydrogen) atoms. The molecule has 0 heterocycles. The molecule has 5 nitrogen and oxygen atoms in total. The second-order valence-electron chi connectivity index (χ2n) is 8.57. The number of sulfonamides is 1. The summed E-state index contributed by atoms with van der Waals surface area (Å²) < 4.78 is 28.1. The first-order chi connectivity index (χ1) is 15.7. The molecule has 0 saturated carbocycles. The van der Waals surface area contributed by atoms with E-state index >= 15 is 0 Å². The minimum absolute atomic E-state index is 0.0689. The van der Waals surface area contributed by atoms with E-state index in [2.05, 4.69) is 17.4 Å². The van der Waals surface area contributed by atoms with Crippen LogP contribution in [0.25, 0.3) is 0 Å². The van der Waals surface area contributed by atoms with Crippen LogP contribution in [0.2, 0.25) is 0 Å². The van der Waals surface area contributed by atoms with Crippen LogP contribution in [0, 0.1) is 13.8 Å². The summed E-state index contributed by atoms with van der Waals surface area (Å²) in [5.41, 5.74) is 4.07. The van der Waals surface area contributed by atoms with Gasteiger partial charge in [-0.15, -0.1) is 0 Å². The number of carbonyl (C=O) groups excluding carboxylic acids is 1. The molecular formula is C27H32N2O3S. The molecule has 3 aromatic rings. The van der Waals surface area contributed by atoms with E-state index in [4.69, 9.17) is 0 Å². The molecule has 1 amide bonds. The van der Waals surface area contributed by atoms with E-state index in [1.54, 1.807) is 24.3 Å². The van der Waals surface area contributed by atoms with Crippen molar-refractivity contribution in [3.8, 4) is 0 Å². The molecule has 1 N–H and O–H groups in total. The average molecular weight is 465 g/mol. The van der Waals surface area contributed by atoms with Crippen molar-refractivity contribution in [2.45, 2.75) is 51.1 Å². The second kappa shape index (κ2) is 11.3. The second-order valence-corrected chi connectivity index (χ2v) is 10.5. The molecule has 0 aromatic heterocycles. The quantitative estimate of drug-likeness (QED) is 0.476. The minimum Gasteiger partial charge on any atom is -0.352 e. The molecule has 0 aliphatic rings. The molecule has 3 aromatic carbocycles. The molecule has 3 rings (SSSR count). The minimum atomic E-state index is -3.84. The number of carbonyl (C=O) groups is 1. The fourth-order valence-electron chi connectivity index (χ4n) is 3.68.